The Morgan fingerprint density at radius 3 is 2.88 bits per heavy atom. The van der Waals surface area contributed by atoms with Gasteiger partial charge in [0, 0.05) is 37.2 Å². The Kier molecular flexibility index (Phi) is 4.81. The molecular weight excluding hydrogens is 400 g/mol. The van der Waals surface area contributed by atoms with Crippen molar-refractivity contribution in [1.29, 1.82) is 0 Å². The SMILES string of the molecule is Cc1nn(C2CCOCC2)cc1-c1nc2nccc(-c3ccc4c(c3)CCCC4N)c2[nH]1. The maximum absolute atomic E-state index is 6.32. The van der Waals surface area contributed by atoms with Crippen LogP contribution in [-0.4, -0.2) is 37.9 Å². The van der Waals surface area contributed by atoms with Crippen molar-refractivity contribution in [3.63, 3.8) is 0 Å². The molecule has 2 aliphatic rings. The summed E-state index contributed by atoms with van der Waals surface area (Å²) in [6.45, 7) is 3.63. The molecule has 0 radical (unpaired) electrons. The number of ether oxygens (including phenoxy) is 1. The average molecular weight is 429 g/mol. The van der Waals surface area contributed by atoms with E-state index in [1.54, 1.807) is 0 Å². The number of nitrogens with zero attached hydrogens (tertiary/aromatic N) is 4. The van der Waals surface area contributed by atoms with Crippen LogP contribution in [0.15, 0.2) is 36.7 Å². The molecule has 164 valence electrons. The van der Waals surface area contributed by atoms with E-state index in [4.69, 9.17) is 20.6 Å². The minimum absolute atomic E-state index is 0.152. The van der Waals surface area contributed by atoms with Crippen molar-refractivity contribution in [2.45, 2.75) is 51.1 Å². The maximum atomic E-state index is 6.32. The number of rotatable bonds is 3. The zero-order valence-electron chi connectivity index (χ0n) is 18.3. The Balaban J connectivity index is 1.40. The summed E-state index contributed by atoms with van der Waals surface area (Å²) in [5.41, 5.74) is 14.9. The molecule has 1 fully saturated rings. The van der Waals surface area contributed by atoms with Gasteiger partial charge in [-0.05, 0) is 61.8 Å². The summed E-state index contributed by atoms with van der Waals surface area (Å²) in [6.07, 6.45) is 9.24. The summed E-state index contributed by atoms with van der Waals surface area (Å²) >= 11 is 0. The normalized spacial score (nSPS) is 19.4. The van der Waals surface area contributed by atoms with Crippen LogP contribution in [0.5, 0.6) is 0 Å². The monoisotopic (exact) mass is 428 g/mol. The topological polar surface area (TPSA) is 94.6 Å². The lowest BCUT2D eigenvalue weighted by molar-refractivity contribution is 0.0662. The summed E-state index contributed by atoms with van der Waals surface area (Å²) in [5, 5.41) is 4.79. The second kappa shape index (κ2) is 7.83. The smallest absolute Gasteiger partial charge is 0.178 e. The first-order valence-electron chi connectivity index (χ1n) is 11.5. The van der Waals surface area contributed by atoms with Gasteiger partial charge in [0.25, 0.3) is 0 Å². The predicted molar refractivity (Wildman–Crippen MR) is 124 cm³/mol. The van der Waals surface area contributed by atoms with Gasteiger partial charge in [-0.15, -0.1) is 0 Å². The molecule has 1 saturated heterocycles. The molecule has 4 heterocycles. The number of aryl methyl sites for hydroxylation is 2. The minimum Gasteiger partial charge on any atom is -0.381 e. The summed E-state index contributed by atoms with van der Waals surface area (Å²) in [5.74, 6) is 0.816. The molecule has 1 aromatic carbocycles. The molecule has 1 atom stereocenters. The first-order chi connectivity index (χ1) is 15.7. The fraction of sp³-hybridized carbons (Fsp3) is 0.400. The van der Waals surface area contributed by atoms with Gasteiger partial charge >= 0.3 is 0 Å². The average Bonchev–Trinajstić information content (AvgIpc) is 3.43. The van der Waals surface area contributed by atoms with Crippen LogP contribution in [0.4, 0.5) is 0 Å². The van der Waals surface area contributed by atoms with Gasteiger partial charge in [-0.3, -0.25) is 4.68 Å². The van der Waals surface area contributed by atoms with Crippen molar-refractivity contribution in [1.82, 2.24) is 24.7 Å². The van der Waals surface area contributed by atoms with Gasteiger partial charge in [0.2, 0.25) is 0 Å². The highest BCUT2D eigenvalue weighted by atomic mass is 16.5. The van der Waals surface area contributed by atoms with Crippen molar-refractivity contribution in [3.05, 3.63) is 53.5 Å². The van der Waals surface area contributed by atoms with Crippen LogP contribution in [0, 0.1) is 6.92 Å². The zero-order valence-corrected chi connectivity index (χ0v) is 18.3. The summed E-state index contributed by atoms with van der Waals surface area (Å²) in [6, 6.07) is 9.26. The summed E-state index contributed by atoms with van der Waals surface area (Å²) in [7, 11) is 0. The van der Waals surface area contributed by atoms with Crippen LogP contribution in [0.2, 0.25) is 0 Å². The second-order valence-electron chi connectivity index (χ2n) is 9.01. The third kappa shape index (κ3) is 3.32. The molecular formula is C25H28N6O. The number of hydrogen-bond acceptors (Lipinski definition) is 5. The van der Waals surface area contributed by atoms with Crippen molar-refractivity contribution >= 4 is 11.2 Å². The van der Waals surface area contributed by atoms with Crippen molar-refractivity contribution in [2.24, 2.45) is 5.73 Å². The number of nitrogens with two attached hydrogens (primary N) is 1. The Labute approximate surface area is 187 Å². The van der Waals surface area contributed by atoms with E-state index in [-0.39, 0.29) is 6.04 Å². The van der Waals surface area contributed by atoms with Crippen molar-refractivity contribution in [2.75, 3.05) is 13.2 Å². The molecule has 4 aromatic rings. The molecule has 3 aromatic heterocycles. The van der Waals surface area contributed by atoms with Gasteiger partial charge < -0.3 is 15.5 Å². The van der Waals surface area contributed by atoms with Crippen LogP contribution >= 0.6 is 0 Å². The number of pyridine rings is 1. The molecule has 1 unspecified atom stereocenters. The third-order valence-electron chi connectivity index (χ3n) is 6.94. The van der Waals surface area contributed by atoms with Gasteiger partial charge in [-0.2, -0.15) is 5.10 Å². The Bertz CT molecular complexity index is 1280. The van der Waals surface area contributed by atoms with Crippen molar-refractivity contribution < 1.29 is 4.74 Å². The molecule has 1 aliphatic heterocycles. The lowest BCUT2D eigenvalue weighted by Crippen LogP contribution is -2.19. The van der Waals surface area contributed by atoms with Gasteiger partial charge in [0.1, 0.15) is 5.82 Å². The fourth-order valence-electron chi connectivity index (χ4n) is 5.15. The van der Waals surface area contributed by atoms with Crippen LogP contribution < -0.4 is 5.73 Å². The molecule has 32 heavy (non-hydrogen) atoms. The number of imidazole rings is 1. The van der Waals surface area contributed by atoms with E-state index >= 15 is 0 Å². The Morgan fingerprint density at radius 1 is 1.12 bits per heavy atom. The molecule has 0 saturated carbocycles. The van der Waals surface area contributed by atoms with Crippen LogP contribution in [0.1, 0.15) is 54.6 Å². The number of benzene rings is 1. The molecule has 6 rings (SSSR count). The Morgan fingerprint density at radius 2 is 2.00 bits per heavy atom. The van der Waals surface area contributed by atoms with E-state index < -0.39 is 0 Å². The van der Waals surface area contributed by atoms with Gasteiger partial charge in [0.15, 0.2) is 5.65 Å². The number of H-pyrrole nitrogens is 1. The minimum atomic E-state index is 0.152. The fourth-order valence-corrected chi connectivity index (χ4v) is 5.15. The van der Waals surface area contributed by atoms with Crippen LogP contribution in [0.25, 0.3) is 33.7 Å². The summed E-state index contributed by atoms with van der Waals surface area (Å²) < 4.78 is 7.59. The molecule has 0 spiro atoms. The van der Waals surface area contributed by atoms with E-state index in [0.29, 0.717) is 6.04 Å². The number of fused-ring (bicyclic) bond motifs is 2. The standard InChI is InChI=1S/C25H28N6O/c1-15-21(14-31(30-15)18-8-11-32-12-9-18)24-28-23-20(7-10-27-25(23)29-24)17-5-6-19-16(13-17)3-2-4-22(19)26/h5-7,10,13-14,18,22H,2-4,8-9,11-12,26H2,1H3,(H,27,28,29). The molecule has 0 amide bonds. The van der Waals surface area contributed by atoms with E-state index in [1.807, 2.05) is 13.1 Å². The van der Waals surface area contributed by atoms with E-state index in [2.05, 4.69) is 45.1 Å². The van der Waals surface area contributed by atoms with Crippen LogP contribution in [0.3, 0.4) is 0 Å². The zero-order chi connectivity index (χ0) is 21.7. The largest absolute Gasteiger partial charge is 0.381 e. The van der Waals surface area contributed by atoms with Gasteiger partial charge in [0.05, 0.1) is 22.8 Å². The highest BCUT2D eigenvalue weighted by molar-refractivity contribution is 5.91. The first kappa shape index (κ1) is 19.6. The van der Waals surface area contributed by atoms with Crippen LogP contribution in [-0.2, 0) is 11.2 Å². The van der Waals surface area contributed by atoms with E-state index in [9.17, 15) is 0 Å². The number of aromatic amines is 1. The molecule has 7 heteroatoms. The quantitative estimate of drug-likeness (QED) is 0.502. The lowest BCUT2D eigenvalue weighted by Gasteiger charge is -2.22. The molecule has 3 N–H and O–H groups in total. The third-order valence-corrected chi connectivity index (χ3v) is 6.94. The molecule has 1 aliphatic carbocycles. The van der Waals surface area contributed by atoms with E-state index in [0.717, 1.165) is 79.1 Å². The lowest BCUT2D eigenvalue weighted by atomic mass is 9.86. The number of nitrogens with one attached hydrogen (secondary N) is 1. The van der Waals surface area contributed by atoms with Gasteiger partial charge in [-0.25, -0.2) is 9.97 Å². The van der Waals surface area contributed by atoms with Gasteiger partial charge in [-0.1, -0.05) is 18.2 Å². The van der Waals surface area contributed by atoms with E-state index in [1.165, 1.54) is 16.7 Å². The maximum Gasteiger partial charge on any atom is 0.178 e. The molecule has 0 bridgehead atoms. The van der Waals surface area contributed by atoms with Crippen molar-refractivity contribution in [3.8, 4) is 22.5 Å². The number of hydrogen-bond donors (Lipinski definition) is 2. The molecule has 7 nitrogen and oxygen atoms in total. The Hall–Kier alpha value is -3.03. The predicted octanol–water partition coefficient (Wildman–Crippen LogP) is 4.48. The first-order valence-corrected chi connectivity index (χ1v) is 11.5. The highest BCUT2D eigenvalue weighted by Gasteiger charge is 2.21. The highest BCUT2D eigenvalue weighted by Crippen LogP contribution is 2.34. The summed E-state index contributed by atoms with van der Waals surface area (Å²) in [4.78, 5) is 12.9. The second-order valence-corrected chi connectivity index (χ2v) is 9.01. The number of aromatic nitrogens is 5.